The van der Waals surface area contributed by atoms with E-state index in [9.17, 15) is 0 Å². The number of hydrogen-bond donors (Lipinski definition) is 1. The summed E-state index contributed by atoms with van der Waals surface area (Å²) in [6, 6.07) is 21.1. The second-order valence-corrected chi connectivity index (χ2v) is 7.96. The number of nitrogens with one attached hydrogen (secondary N) is 1. The maximum absolute atomic E-state index is 5.76. The molecule has 6 heteroatoms. The van der Waals surface area contributed by atoms with Crippen LogP contribution >= 0.6 is 11.3 Å². The van der Waals surface area contributed by atoms with Crippen molar-refractivity contribution in [2.75, 3.05) is 30.0 Å². The van der Waals surface area contributed by atoms with E-state index in [0.717, 1.165) is 12.4 Å². The van der Waals surface area contributed by atoms with Crippen molar-refractivity contribution in [1.82, 2.24) is 9.97 Å². The Morgan fingerprint density at radius 1 is 1.07 bits per heavy atom. The minimum absolute atomic E-state index is 0.161. The predicted molar refractivity (Wildman–Crippen MR) is 119 cm³/mol. The van der Waals surface area contributed by atoms with Crippen LogP contribution < -0.4 is 10.2 Å². The third-order valence-corrected chi connectivity index (χ3v) is 6.26. The first-order chi connectivity index (χ1) is 14.4. The standard InChI is InChI=1S/C23H22N4OS/c1-2-6-17(7-3-1)20-15-28-13-12-27(20)22-10-11-24-23(26-22)25-14-18-16-29-21-9-5-4-8-19(18)21/h1-11,16,20H,12-15H2,(H,24,25,26)/t20-/m1/s1. The second kappa shape index (κ2) is 8.19. The van der Waals surface area contributed by atoms with Gasteiger partial charge in [-0.15, -0.1) is 11.3 Å². The Kier molecular flexibility index (Phi) is 5.11. The highest BCUT2D eigenvalue weighted by atomic mass is 32.1. The number of anilines is 2. The van der Waals surface area contributed by atoms with Gasteiger partial charge in [0.1, 0.15) is 5.82 Å². The number of aromatic nitrogens is 2. The lowest BCUT2D eigenvalue weighted by Crippen LogP contribution is -2.40. The second-order valence-electron chi connectivity index (χ2n) is 7.04. The summed E-state index contributed by atoms with van der Waals surface area (Å²) in [5.41, 5.74) is 2.51. The van der Waals surface area contributed by atoms with Crippen LogP contribution in [0.3, 0.4) is 0 Å². The number of benzene rings is 2. The van der Waals surface area contributed by atoms with Gasteiger partial charge in [-0.25, -0.2) is 4.98 Å². The van der Waals surface area contributed by atoms with Gasteiger partial charge in [0, 0.05) is 24.0 Å². The molecule has 0 bridgehead atoms. The maximum atomic E-state index is 5.76. The monoisotopic (exact) mass is 402 g/mol. The zero-order chi connectivity index (χ0) is 19.5. The van der Waals surface area contributed by atoms with E-state index in [1.54, 1.807) is 11.3 Å². The van der Waals surface area contributed by atoms with Crippen LogP contribution in [0.4, 0.5) is 11.8 Å². The Morgan fingerprint density at radius 3 is 2.86 bits per heavy atom. The van der Waals surface area contributed by atoms with Crippen LogP contribution in [0.5, 0.6) is 0 Å². The predicted octanol–water partition coefficient (Wildman–Crippen LogP) is 4.88. The van der Waals surface area contributed by atoms with Gasteiger partial charge in [0.05, 0.1) is 19.3 Å². The molecule has 5 rings (SSSR count). The molecule has 0 spiro atoms. The summed E-state index contributed by atoms with van der Waals surface area (Å²) in [6.07, 6.45) is 1.83. The van der Waals surface area contributed by atoms with Crippen LogP contribution in [0.25, 0.3) is 10.1 Å². The zero-order valence-electron chi connectivity index (χ0n) is 16.0. The van der Waals surface area contributed by atoms with Crippen LogP contribution in [-0.2, 0) is 11.3 Å². The molecule has 0 aliphatic carbocycles. The molecule has 3 heterocycles. The summed E-state index contributed by atoms with van der Waals surface area (Å²) < 4.78 is 7.06. The molecule has 1 fully saturated rings. The van der Waals surface area contributed by atoms with E-state index in [0.29, 0.717) is 25.7 Å². The number of hydrogen-bond acceptors (Lipinski definition) is 6. The molecule has 1 atom stereocenters. The van der Waals surface area contributed by atoms with E-state index < -0.39 is 0 Å². The Labute approximate surface area is 174 Å². The Hall–Kier alpha value is -2.96. The van der Waals surface area contributed by atoms with Gasteiger partial charge in [0.25, 0.3) is 0 Å². The average Bonchev–Trinajstić information content (AvgIpc) is 3.22. The summed E-state index contributed by atoms with van der Waals surface area (Å²) >= 11 is 1.77. The molecule has 0 unspecified atom stereocenters. The molecule has 2 aromatic heterocycles. The highest BCUT2D eigenvalue weighted by molar-refractivity contribution is 7.17. The minimum Gasteiger partial charge on any atom is -0.377 e. The number of fused-ring (bicyclic) bond motifs is 1. The lowest BCUT2D eigenvalue weighted by molar-refractivity contribution is 0.0937. The number of ether oxygens (including phenoxy) is 1. The first-order valence-electron chi connectivity index (χ1n) is 9.80. The van der Waals surface area contributed by atoms with Gasteiger partial charge in [-0.2, -0.15) is 4.98 Å². The van der Waals surface area contributed by atoms with E-state index in [-0.39, 0.29) is 6.04 Å². The van der Waals surface area contributed by atoms with Crippen molar-refractivity contribution in [3.63, 3.8) is 0 Å². The lowest BCUT2D eigenvalue weighted by Gasteiger charge is -2.36. The van der Waals surface area contributed by atoms with Crippen molar-refractivity contribution in [1.29, 1.82) is 0 Å². The van der Waals surface area contributed by atoms with Crippen molar-refractivity contribution in [3.8, 4) is 0 Å². The quantitative estimate of drug-likeness (QED) is 0.516. The number of thiophene rings is 1. The van der Waals surface area contributed by atoms with Gasteiger partial charge < -0.3 is 15.0 Å². The van der Waals surface area contributed by atoms with Crippen LogP contribution in [0.2, 0.25) is 0 Å². The molecule has 146 valence electrons. The highest BCUT2D eigenvalue weighted by Crippen LogP contribution is 2.29. The smallest absolute Gasteiger partial charge is 0.224 e. The van der Waals surface area contributed by atoms with Crippen molar-refractivity contribution < 1.29 is 4.74 Å². The minimum atomic E-state index is 0.161. The van der Waals surface area contributed by atoms with E-state index in [2.05, 4.69) is 69.1 Å². The SMILES string of the molecule is c1ccc([C@H]2COCCN2c2ccnc(NCc3csc4ccccc34)n2)cc1. The Balaban J connectivity index is 1.36. The summed E-state index contributed by atoms with van der Waals surface area (Å²) in [6.45, 7) is 2.89. The van der Waals surface area contributed by atoms with Crippen LogP contribution in [0.15, 0.2) is 72.2 Å². The van der Waals surface area contributed by atoms with Crippen molar-refractivity contribution in [2.24, 2.45) is 0 Å². The van der Waals surface area contributed by atoms with Gasteiger partial charge in [0.2, 0.25) is 5.95 Å². The van der Waals surface area contributed by atoms with Crippen molar-refractivity contribution >= 4 is 33.2 Å². The normalized spacial score (nSPS) is 16.8. The molecule has 2 aromatic carbocycles. The Bertz CT molecular complexity index is 1100. The number of nitrogens with zero attached hydrogens (tertiary/aromatic N) is 3. The lowest BCUT2D eigenvalue weighted by atomic mass is 10.1. The topological polar surface area (TPSA) is 50.3 Å². The van der Waals surface area contributed by atoms with Gasteiger partial charge in [0.15, 0.2) is 0 Å². The van der Waals surface area contributed by atoms with E-state index in [4.69, 9.17) is 9.72 Å². The van der Waals surface area contributed by atoms with Crippen LogP contribution in [-0.4, -0.2) is 29.7 Å². The molecule has 29 heavy (non-hydrogen) atoms. The third-order valence-electron chi connectivity index (χ3n) is 5.25. The molecule has 4 aromatic rings. The van der Waals surface area contributed by atoms with Gasteiger partial charge >= 0.3 is 0 Å². The largest absolute Gasteiger partial charge is 0.377 e. The van der Waals surface area contributed by atoms with Gasteiger partial charge in [-0.3, -0.25) is 0 Å². The molecule has 5 nitrogen and oxygen atoms in total. The van der Waals surface area contributed by atoms with Gasteiger partial charge in [-0.05, 0) is 34.0 Å². The summed E-state index contributed by atoms with van der Waals surface area (Å²) in [5, 5.41) is 6.89. The van der Waals surface area contributed by atoms with Crippen LogP contribution in [0.1, 0.15) is 17.2 Å². The van der Waals surface area contributed by atoms with E-state index in [1.165, 1.54) is 21.2 Å². The molecule has 0 amide bonds. The first kappa shape index (κ1) is 18.1. The fraction of sp³-hybridized carbons (Fsp3) is 0.217. The van der Waals surface area contributed by atoms with Crippen LogP contribution in [0, 0.1) is 0 Å². The molecule has 0 saturated carbocycles. The molecule has 1 saturated heterocycles. The molecule has 1 aliphatic rings. The highest BCUT2D eigenvalue weighted by Gasteiger charge is 2.26. The molecular formula is C23H22N4OS. The molecule has 1 aliphatic heterocycles. The summed E-state index contributed by atoms with van der Waals surface area (Å²) in [5.74, 6) is 1.57. The first-order valence-corrected chi connectivity index (χ1v) is 10.7. The van der Waals surface area contributed by atoms with E-state index in [1.807, 2.05) is 18.3 Å². The zero-order valence-corrected chi connectivity index (χ0v) is 16.8. The molecule has 1 N–H and O–H groups in total. The van der Waals surface area contributed by atoms with Crippen molar-refractivity contribution in [2.45, 2.75) is 12.6 Å². The molecule has 0 radical (unpaired) electrons. The fourth-order valence-electron chi connectivity index (χ4n) is 3.77. The van der Waals surface area contributed by atoms with E-state index >= 15 is 0 Å². The molecular weight excluding hydrogens is 380 g/mol. The summed E-state index contributed by atoms with van der Waals surface area (Å²) in [7, 11) is 0. The number of rotatable bonds is 5. The average molecular weight is 403 g/mol. The maximum Gasteiger partial charge on any atom is 0.224 e. The summed E-state index contributed by atoms with van der Waals surface area (Å²) in [4.78, 5) is 11.5. The number of morpholine rings is 1. The third kappa shape index (κ3) is 3.81. The fourth-order valence-corrected chi connectivity index (χ4v) is 4.73. The van der Waals surface area contributed by atoms with Crippen molar-refractivity contribution in [3.05, 3.63) is 83.4 Å². The van der Waals surface area contributed by atoms with Gasteiger partial charge in [-0.1, -0.05) is 48.5 Å². The Morgan fingerprint density at radius 2 is 1.93 bits per heavy atom.